The van der Waals surface area contributed by atoms with Crippen LogP contribution in [0.1, 0.15) is 12.8 Å². The Morgan fingerprint density at radius 3 is 2.57 bits per heavy atom. The molecule has 5 nitrogen and oxygen atoms in total. The zero-order chi connectivity index (χ0) is 14.9. The van der Waals surface area contributed by atoms with Crippen LogP contribution in [-0.2, 0) is 4.79 Å². The van der Waals surface area contributed by atoms with Crippen LogP contribution in [0, 0.1) is 11.3 Å². The molecule has 1 saturated heterocycles. The first-order valence-corrected chi connectivity index (χ1v) is 7.34. The lowest BCUT2D eigenvalue weighted by Crippen LogP contribution is -2.49. The van der Waals surface area contributed by atoms with Gasteiger partial charge in [-0.05, 0) is 12.1 Å². The number of amides is 1. The molecular formula is C16H21N3O2. The van der Waals surface area contributed by atoms with Crippen molar-refractivity contribution >= 4 is 5.91 Å². The first-order valence-electron chi connectivity index (χ1n) is 7.34. The van der Waals surface area contributed by atoms with E-state index in [2.05, 4.69) is 11.0 Å². The number of nitrogens with zero attached hydrogens (tertiary/aromatic N) is 3. The van der Waals surface area contributed by atoms with Crippen LogP contribution in [0.2, 0.25) is 0 Å². The van der Waals surface area contributed by atoms with E-state index < -0.39 is 0 Å². The molecule has 21 heavy (non-hydrogen) atoms. The molecule has 0 N–H and O–H groups in total. The molecule has 0 atom stereocenters. The van der Waals surface area contributed by atoms with Crippen molar-refractivity contribution in [1.82, 2.24) is 9.80 Å². The lowest BCUT2D eigenvalue weighted by Gasteiger charge is -2.34. The fourth-order valence-corrected chi connectivity index (χ4v) is 2.36. The summed E-state index contributed by atoms with van der Waals surface area (Å²) in [5.41, 5.74) is 0. The van der Waals surface area contributed by atoms with Crippen molar-refractivity contribution in [2.24, 2.45) is 0 Å². The van der Waals surface area contributed by atoms with Gasteiger partial charge in [0, 0.05) is 39.1 Å². The third-order valence-corrected chi connectivity index (χ3v) is 3.59. The maximum absolute atomic E-state index is 12.1. The molecule has 112 valence electrons. The number of piperazine rings is 1. The maximum atomic E-state index is 12.1. The topological polar surface area (TPSA) is 56.6 Å². The van der Waals surface area contributed by atoms with E-state index in [-0.39, 0.29) is 5.91 Å². The van der Waals surface area contributed by atoms with Crippen molar-refractivity contribution in [3.05, 3.63) is 30.3 Å². The highest BCUT2D eigenvalue weighted by molar-refractivity contribution is 5.76. The number of hydrogen-bond acceptors (Lipinski definition) is 4. The zero-order valence-electron chi connectivity index (χ0n) is 12.2. The van der Waals surface area contributed by atoms with Gasteiger partial charge in [-0.2, -0.15) is 5.26 Å². The molecule has 1 aromatic rings. The molecule has 2 rings (SSSR count). The molecule has 0 aliphatic carbocycles. The van der Waals surface area contributed by atoms with Gasteiger partial charge in [-0.15, -0.1) is 0 Å². The second kappa shape index (κ2) is 8.28. The Morgan fingerprint density at radius 2 is 1.90 bits per heavy atom. The molecular weight excluding hydrogens is 266 g/mol. The molecule has 1 fully saturated rings. The van der Waals surface area contributed by atoms with Gasteiger partial charge in [-0.3, -0.25) is 9.69 Å². The van der Waals surface area contributed by atoms with Crippen LogP contribution >= 0.6 is 0 Å². The molecule has 1 heterocycles. The minimum absolute atomic E-state index is 0.144. The van der Waals surface area contributed by atoms with Gasteiger partial charge in [0.1, 0.15) is 5.75 Å². The first-order chi connectivity index (χ1) is 10.3. The van der Waals surface area contributed by atoms with Crippen LogP contribution in [-0.4, -0.2) is 55.0 Å². The van der Waals surface area contributed by atoms with Crippen LogP contribution < -0.4 is 4.74 Å². The van der Waals surface area contributed by atoms with Gasteiger partial charge in [0.05, 0.1) is 19.1 Å². The number of para-hydroxylation sites is 1. The molecule has 1 aromatic carbocycles. The monoisotopic (exact) mass is 287 g/mol. The molecule has 0 saturated carbocycles. The minimum Gasteiger partial charge on any atom is -0.493 e. The summed E-state index contributed by atoms with van der Waals surface area (Å²) in [6.45, 7) is 4.41. The van der Waals surface area contributed by atoms with E-state index in [9.17, 15) is 4.79 Å². The molecule has 1 amide bonds. The molecule has 0 bridgehead atoms. The Hall–Kier alpha value is -2.06. The molecule has 0 unspecified atom stereocenters. The molecule has 5 heteroatoms. The number of carbonyl (C=O) groups excluding carboxylic acids is 1. The molecule has 0 spiro atoms. The third kappa shape index (κ3) is 5.09. The van der Waals surface area contributed by atoms with Crippen LogP contribution in [0.4, 0.5) is 0 Å². The maximum Gasteiger partial charge on any atom is 0.226 e. The predicted octanol–water partition coefficient (Wildman–Crippen LogP) is 1.51. The van der Waals surface area contributed by atoms with Gasteiger partial charge in [0.25, 0.3) is 0 Å². The average molecular weight is 287 g/mol. The largest absolute Gasteiger partial charge is 0.493 e. The highest BCUT2D eigenvalue weighted by Crippen LogP contribution is 2.09. The third-order valence-electron chi connectivity index (χ3n) is 3.59. The Bertz CT molecular complexity index is 476. The summed E-state index contributed by atoms with van der Waals surface area (Å²) < 4.78 is 5.55. The van der Waals surface area contributed by atoms with Gasteiger partial charge < -0.3 is 9.64 Å². The van der Waals surface area contributed by atoms with E-state index >= 15 is 0 Å². The van der Waals surface area contributed by atoms with Crippen molar-refractivity contribution in [3.8, 4) is 11.8 Å². The summed E-state index contributed by atoms with van der Waals surface area (Å²) >= 11 is 0. The van der Waals surface area contributed by atoms with Gasteiger partial charge in [0.2, 0.25) is 5.91 Å². The average Bonchev–Trinajstić information content (AvgIpc) is 2.54. The highest BCUT2D eigenvalue weighted by Gasteiger charge is 2.20. The lowest BCUT2D eigenvalue weighted by molar-refractivity contribution is -0.133. The van der Waals surface area contributed by atoms with E-state index in [0.29, 0.717) is 19.4 Å². The van der Waals surface area contributed by atoms with Crippen molar-refractivity contribution < 1.29 is 9.53 Å². The summed E-state index contributed by atoms with van der Waals surface area (Å²) in [5.74, 6) is 0.942. The van der Waals surface area contributed by atoms with E-state index in [4.69, 9.17) is 10.00 Å². The smallest absolute Gasteiger partial charge is 0.226 e. The summed E-state index contributed by atoms with van der Waals surface area (Å²) in [4.78, 5) is 16.2. The summed E-state index contributed by atoms with van der Waals surface area (Å²) in [6, 6.07) is 11.7. The second-order valence-electron chi connectivity index (χ2n) is 5.04. The Morgan fingerprint density at radius 1 is 1.19 bits per heavy atom. The van der Waals surface area contributed by atoms with E-state index in [1.165, 1.54) is 0 Å². The van der Waals surface area contributed by atoms with Crippen molar-refractivity contribution in [2.75, 3.05) is 39.3 Å². The van der Waals surface area contributed by atoms with Gasteiger partial charge in [-0.1, -0.05) is 18.2 Å². The second-order valence-corrected chi connectivity index (χ2v) is 5.04. The number of ether oxygens (including phenoxy) is 1. The SMILES string of the molecule is N#CCCN1CCN(C(=O)CCOc2ccccc2)CC1. The zero-order valence-corrected chi connectivity index (χ0v) is 12.2. The minimum atomic E-state index is 0.144. The Balaban J connectivity index is 1.65. The van der Waals surface area contributed by atoms with E-state index in [1.54, 1.807) is 0 Å². The van der Waals surface area contributed by atoms with Crippen LogP contribution in [0.3, 0.4) is 0 Å². The predicted molar refractivity (Wildman–Crippen MR) is 79.8 cm³/mol. The summed E-state index contributed by atoms with van der Waals surface area (Å²) in [7, 11) is 0. The Labute approximate surface area is 125 Å². The fraction of sp³-hybridized carbons (Fsp3) is 0.500. The molecule has 0 radical (unpaired) electrons. The lowest BCUT2D eigenvalue weighted by atomic mass is 10.2. The number of rotatable bonds is 6. The van der Waals surface area contributed by atoms with Crippen molar-refractivity contribution in [3.63, 3.8) is 0 Å². The highest BCUT2D eigenvalue weighted by atomic mass is 16.5. The molecule has 1 aliphatic rings. The van der Waals surface area contributed by atoms with Crippen molar-refractivity contribution in [2.45, 2.75) is 12.8 Å². The van der Waals surface area contributed by atoms with Gasteiger partial charge >= 0.3 is 0 Å². The normalized spacial score (nSPS) is 15.5. The fourth-order valence-electron chi connectivity index (χ4n) is 2.36. The van der Waals surface area contributed by atoms with Crippen LogP contribution in [0.25, 0.3) is 0 Å². The number of benzene rings is 1. The Kier molecular flexibility index (Phi) is 6.04. The summed E-state index contributed by atoms with van der Waals surface area (Å²) in [5, 5.41) is 8.57. The number of nitriles is 1. The van der Waals surface area contributed by atoms with Crippen LogP contribution in [0.15, 0.2) is 30.3 Å². The van der Waals surface area contributed by atoms with E-state index in [0.717, 1.165) is 38.5 Å². The number of hydrogen-bond donors (Lipinski definition) is 0. The standard InChI is InChI=1S/C16H21N3O2/c17-8-4-9-18-10-12-19(13-11-18)16(20)7-14-21-15-5-2-1-3-6-15/h1-3,5-6H,4,7,9-14H2. The van der Waals surface area contributed by atoms with Gasteiger partial charge in [-0.25, -0.2) is 0 Å². The van der Waals surface area contributed by atoms with E-state index in [1.807, 2.05) is 35.2 Å². The molecule has 1 aliphatic heterocycles. The molecule has 0 aromatic heterocycles. The number of carbonyl (C=O) groups is 1. The summed E-state index contributed by atoms with van der Waals surface area (Å²) in [6.07, 6.45) is 0.964. The van der Waals surface area contributed by atoms with Crippen molar-refractivity contribution in [1.29, 1.82) is 5.26 Å². The van der Waals surface area contributed by atoms with Gasteiger partial charge in [0.15, 0.2) is 0 Å². The first kappa shape index (κ1) is 15.3. The van der Waals surface area contributed by atoms with Crippen LogP contribution in [0.5, 0.6) is 5.75 Å². The quantitative estimate of drug-likeness (QED) is 0.796.